The van der Waals surface area contributed by atoms with Gasteiger partial charge in [-0.1, -0.05) is 115 Å². The van der Waals surface area contributed by atoms with Crippen molar-refractivity contribution in [1.82, 2.24) is 20.4 Å². The minimum Gasteiger partial charge on any atom is -0.353 e. The number of carbonyl (C=O) groups is 2. The van der Waals surface area contributed by atoms with E-state index >= 15 is 0 Å². The Morgan fingerprint density at radius 2 is 0.826 bits per heavy atom. The number of nitrogens with one attached hydrogen (secondary N) is 2. The molecular formula is C40H78N4O2. The highest BCUT2D eigenvalue weighted by Gasteiger charge is 2.06. The lowest BCUT2D eigenvalue weighted by molar-refractivity contribution is -0.121. The molecule has 0 saturated carbocycles. The zero-order chi connectivity index (χ0) is 33.8. The summed E-state index contributed by atoms with van der Waals surface area (Å²) in [7, 11) is 4.32. The quantitative estimate of drug-likeness (QED) is 0.0532. The van der Waals surface area contributed by atoms with E-state index < -0.39 is 0 Å². The summed E-state index contributed by atoms with van der Waals surface area (Å²) in [5.74, 6) is 0.387. The van der Waals surface area contributed by atoms with Crippen LogP contribution in [0.25, 0.3) is 0 Å². The molecule has 2 N–H and O–H groups in total. The summed E-state index contributed by atoms with van der Waals surface area (Å²) in [6.07, 6.45) is 36.8. The van der Waals surface area contributed by atoms with Gasteiger partial charge in [0.05, 0.1) is 0 Å². The normalized spacial score (nSPS) is 11.9. The number of nitrogens with zero attached hydrogens (tertiary/aromatic N) is 2. The van der Waals surface area contributed by atoms with Crippen molar-refractivity contribution in [3.05, 3.63) is 24.3 Å². The molecule has 0 aliphatic rings. The molecule has 46 heavy (non-hydrogen) atoms. The van der Waals surface area contributed by atoms with Crippen LogP contribution in [0.5, 0.6) is 0 Å². The van der Waals surface area contributed by atoms with Crippen LogP contribution in [0.4, 0.5) is 0 Å². The molecule has 0 spiro atoms. The van der Waals surface area contributed by atoms with Crippen LogP contribution in [0.1, 0.15) is 168 Å². The number of hydrogen-bond acceptors (Lipinski definition) is 4. The molecule has 2 amide bonds. The molecule has 270 valence electrons. The van der Waals surface area contributed by atoms with Gasteiger partial charge in [-0.15, -0.1) is 0 Å². The molecule has 0 radical (unpaired) electrons. The van der Waals surface area contributed by atoms with E-state index in [1.807, 2.05) is 0 Å². The first-order valence-electron chi connectivity index (χ1n) is 19.7. The Morgan fingerprint density at radius 3 is 1.26 bits per heavy atom. The van der Waals surface area contributed by atoms with E-state index in [4.69, 9.17) is 0 Å². The lowest BCUT2D eigenvalue weighted by Gasteiger charge is -2.23. The molecule has 0 unspecified atom stereocenters. The molecule has 6 heteroatoms. The number of hydrogen-bond donors (Lipinski definition) is 2. The topological polar surface area (TPSA) is 64.7 Å². The minimum atomic E-state index is 0.194. The van der Waals surface area contributed by atoms with Gasteiger partial charge < -0.3 is 20.4 Å². The van der Waals surface area contributed by atoms with E-state index in [0.717, 1.165) is 38.5 Å². The summed E-state index contributed by atoms with van der Waals surface area (Å²) in [5, 5.41) is 6.07. The summed E-state index contributed by atoms with van der Waals surface area (Å²) in [6, 6.07) is 0. The van der Waals surface area contributed by atoms with Gasteiger partial charge in [0.1, 0.15) is 0 Å². The summed E-state index contributed by atoms with van der Waals surface area (Å²) in [6.45, 7) is 10.6. The second-order valence-corrected chi connectivity index (χ2v) is 13.6. The first-order chi connectivity index (χ1) is 22.5. The van der Waals surface area contributed by atoms with Gasteiger partial charge in [0, 0.05) is 25.9 Å². The van der Waals surface area contributed by atoms with E-state index in [2.05, 4.69) is 72.7 Å². The van der Waals surface area contributed by atoms with Gasteiger partial charge in [-0.3, -0.25) is 9.59 Å². The largest absolute Gasteiger partial charge is 0.353 e. The van der Waals surface area contributed by atoms with Crippen LogP contribution in [0, 0.1) is 0 Å². The highest BCUT2D eigenvalue weighted by Crippen LogP contribution is 2.11. The molecule has 0 fully saturated rings. The fraction of sp³-hybridized carbons (Fsp3) is 0.850. The number of amides is 2. The van der Waals surface area contributed by atoms with E-state index in [1.54, 1.807) is 0 Å². The van der Waals surface area contributed by atoms with Gasteiger partial charge >= 0.3 is 0 Å². The van der Waals surface area contributed by atoms with Crippen molar-refractivity contribution < 1.29 is 9.59 Å². The van der Waals surface area contributed by atoms with Gasteiger partial charge in [0.2, 0.25) is 11.8 Å². The van der Waals surface area contributed by atoms with E-state index in [9.17, 15) is 9.59 Å². The van der Waals surface area contributed by atoms with Crippen molar-refractivity contribution in [3.63, 3.8) is 0 Å². The Hall–Kier alpha value is -1.66. The molecule has 0 aliphatic carbocycles. The molecule has 0 heterocycles. The van der Waals surface area contributed by atoms with Crippen LogP contribution in [0.15, 0.2) is 24.3 Å². The number of unbranched alkanes of at least 4 members (excludes halogenated alkanes) is 17. The van der Waals surface area contributed by atoms with Crippen LogP contribution in [0.3, 0.4) is 0 Å². The van der Waals surface area contributed by atoms with Gasteiger partial charge in [0.25, 0.3) is 0 Å². The van der Waals surface area contributed by atoms with Crippen molar-refractivity contribution in [3.8, 4) is 0 Å². The van der Waals surface area contributed by atoms with Gasteiger partial charge in [-0.05, 0) is 104 Å². The number of allylic oxidation sites excluding steroid dienone is 2. The third-order valence-corrected chi connectivity index (χ3v) is 8.70. The predicted molar refractivity (Wildman–Crippen MR) is 201 cm³/mol. The van der Waals surface area contributed by atoms with E-state index in [1.165, 1.54) is 129 Å². The molecular weight excluding hydrogens is 568 g/mol. The summed E-state index contributed by atoms with van der Waals surface area (Å²) in [4.78, 5) is 29.1. The summed E-state index contributed by atoms with van der Waals surface area (Å²) in [5.41, 5.74) is 0. The average Bonchev–Trinajstić information content (AvgIpc) is 3.04. The Kier molecular flexibility index (Phi) is 34.9. The fourth-order valence-corrected chi connectivity index (χ4v) is 5.70. The number of rotatable bonds is 35. The van der Waals surface area contributed by atoms with Gasteiger partial charge in [-0.25, -0.2) is 0 Å². The maximum atomic E-state index is 12.1. The van der Waals surface area contributed by atoms with E-state index in [0.29, 0.717) is 25.9 Å². The molecule has 6 nitrogen and oxygen atoms in total. The maximum absolute atomic E-state index is 12.1. The van der Waals surface area contributed by atoms with Gasteiger partial charge in [0.15, 0.2) is 0 Å². The van der Waals surface area contributed by atoms with Crippen LogP contribution in [0.2, 0.25) is 0 Å². The van der Waals surface area contributed by atoms with Crippen molar-refractivity contribution in [2.24, 2.45) is 0 Å². The first kappa shape index (κ1) is 44.3. The van der Waals surface area contributed by atoms with Crippen molar-refractivity contribution in [2.75, 3.05) is 53.4 Å². The molecule has 0 atom stereocenters. The lowest BCUT2D eigenvalue weighted by atomic mass is 10.1. The highest BCUT2D eigenvalue weighted by atomic mass is 16.2. The summed E-state index contributed by atoms with van der Waals surface area (Å²) >= 11 is 0. The third-order valence-electron chi connectivity index (χ3n) is 8.70. The second-order valence-electron chi connectivity index (χ2n) is 13.6. The van der Waals surface area contributed by atoms with Crippen molar-refractivity contribution in [1.29, 1.82) is 0 Å². The fourth-order valence-electron chi connectivity index (χ4n) is 5.70. The van der Waals surface area contributed by atoms with Crippen LogP contribution in [-0.2, 0) is 9.59 Å². The first-order valence-corrected chi connectivity index (χ1v) is 19.7. The third kappa shape index (κ3) is 35.2. The predicted octanol–water partition coefficient (Wildman–Crippen LogP) is 9.60. The molecule has 0 bridgehead atoms. The zero-order valence-corrected chi connectivity index (χ0v) is 31.2. The SMILES string of the molecule is CCCCCC/C=C\CNC(=O)CCCCCCCN(CCCCCCCC(=O)NC/C=C\CCCCCC)CCCCN(C)C. The maximum Gasteiger partial charge on any atom is 0.220 e. The minimum absolute atomic E-state index is 0.194. The molecule has 0 saturated heterocycles. The van der Waals surface area contributed by atoms with Crippen molar-refractivity contribution in [2.45, 2.75) is 168 Å². The smallest absolute Gasteiger partial charge is 0.220 e. The molecule has 0 aromatic carbocycles. The zero-order valence-electron chi connectivity index (χ0n) is 31.2. The van der Waals surface area contributed by atoms with E-state index in [-0.39, 0.29) is 11.8 Å². The van der Waals surface area contributed by atoms with Crippen LogP contribution >= 0.6 is 0 Å². The molecule has 0 rings (SSSR count). The molecule has 0 aliphatic heterocycles. The highest BCUT2D eigenvalue weighted by molar-refractivity contribution is 5.76. The Balaban J connectivity index is 3.93. The van der Waals surface area contributed by atoms with Crippen molar-refractivity contribution >= 4 is 11.8 Å². The second kappa shape index (κ2) is 36.2. The molecule has 0 aromatic heterocycles. The standard InChI is InChI=1S/C40H78N4O2/c1-5-7-9-11-13-19-25-33-41-39(45)31-23-17-15-21-27-36-44(38-30-29-35-43(3)4)37-28-22-16-18-24-32-40(46)42-34-26-20-14-12-10-8-6-2/h19-20,25-26H,5-18,21-24,27-38H2,1-4H3,(H,41,45)(H,42,46)/b25-19-,26-20-. The Morgan fingerprint density at radius 1 is 0.457 bits per heavy atom. The average molecular weight is 647 g/mol. The van der Waals surface area contributed by atoms with Crippen LogP contribution in [-0.4, -0.2) is 75.0 Å². The monoisotopic (exact) mass is 647 g/mol. The lowest BCUT2D eigenvalue weighted by Crippen LogP contribution is -2.28. The summed E-state index contributed by atoms with van der Waals surface area (Å²) < 4.78 is 0. The Bertz CT molecular complexity index is 670. The Labute approximate surface area is 287 Å². The number of carbonyl (C=O) groups excluding carboxylic acids is 2. The molecule has 0 aromatic rings. The van der Waals surface area contributed by atoms with Gasteiger partial charge in [-0.2, -0.15) is 0 Å². The van der Waals surface area contributed by atoms with Crippen LogP contribution < -0.4 is 10.6 Å².